The van der Waals surface area contributed by atoms with E-state index in [-0.39, 0.29) is 5.97 Å². The first-order valence-electron chi connectivity index (χ1n) is 9.51. The van der Waals surface area contributed by atoms with Gasteiger partial charge in [-0.3, -0.25) is 0 Å². The van der Waals surface area contributed by atoms with Crippen LogP contribution in [0.3, 0.4) is 0 Å². The van der Waals surface area contributed by atoms with E-state index in [1.54, 1.807) is 26.2 Å². The summed E-state index contributed by atoms with van der Waals surface area (Å²) in [6, 6.07) is 17.2. The van der Waals surface area contributed by atoms with Gasteiger partial charge in [0.15, 0.2) is 0 Å². The van der Waals surface area contributed by atoms with Crippen LogP contribution in [0.1, 0.15) is 22.8 Å². The Balaban J connectivity index is 1.77. The Morgan fingerprint density at radius 1 is 1.07 bits per heavy atom. The van der Waals surface area contributed by atoms with E-state index in [1.165, 1.54) is 6.33 Å². The third kappa shape index (κ3) is 3.86. The molecule has 0 amide bonds. The van der Waals surface area contributed by atoms with Gasteiger partial charge in [-0.05, 0) is 48.4 Å². The minimum Gasteiger partial charge on any atom is -0.497 e. The maximum absolute atomic E-state index is 12.0. The molecule has 0 aliphatic carbocycles. The molecule has 2 aromatic carbocycles. The van der Waals surface area contributed by atoms with Crippen molar-refractivity contribution in [3.05, 3.63) is 77.2 Å². The number of methoxy groups -OCH3 is 1. The molecule has 7 heteroatoms. The highest BCUT2D eigenvalue weighted by atomic mass is 35.5. The Kier molecular flexibility index (Phi) is 5.68. The lowest BCUT2D eigenvalue weighted by Crippen LogP contribution is -2.05. The van der Waals surface area contributed by atoms with Crippen molar-refractivity contribution in [2.45, 2.75) is 13.5 Å². The van der Waals surface area contributed by atoms with Crippen molar-refractivity contribution in [1.82, 2.24) is 14.5 Å². The maximum atomic E-state index is 12.0. The van der Waals surface area contributed by atoms with Gasteiger partial charge in [-0.2, -0.15) is 0 Å². The van der Waals surface area contributed by atoms with E-state index in [0.717, 1.165) is 33.6 Å². The molecule has 0 aliphatic rings. The fourth-order valence-corrected chi connectivity index (χ4v) is 3.52. The van der Waals surface area contributed by atoms with Crippen LogP contribution in [-0.2, 0) is 11.3 Å². The number of hydrogen-bond donors (Lipinski definition) is 0. The summed E-state index contributed by atoms with van der Waals surface area (Å²) in [5, 5.41) is 1.18. The van der Waals surface area contributed by atoms with E-state index >= 15 is 0 Å². The molecule has 0 spiro atoms. The normalized spacial score (nSPS) is 10.9. The highest BCUT2D eigenvalue weighted by Gasteiger charge is 2.16. The SMILES string of the molecule is CCOC(=O)c1ccc(-c2cc3c(Cl)ncnc3n2Cc2ccc(OC)cc2)cc1. The van der Waals surface area contributed by atoms with Crippen LogP contribution in [0.5, 0.6) is 5.75 Å². The lowest BCUT2D eigenvalue weighted by atomic mass is 10.1. The average Bonchev–Trinajstić information content (AvgIpc) is 3.14. The summed E-state index contributed by atoms with van der Waals surface area (Å²) in [5.41, 5.74) is 4.21. The topological polar surface area (TPSA) is 66.2 Å². The van der Waals surface area contributed by atoms with Crippen LogP contribution in [-0.4, -0.2) is 34.2 Å². The molecular weight excluding hydrogens is 402 g/mol. The largest absolute Gasteiger partial charge is 0.497 e. The van der Waals surface area contributed by atoms with Gasteiger partial charge in [-0.1, -0.05) is 35.9 Å². The van der Waals surface area contributed by atoms with Crippen LogP contribution in [0.4, 0.5) is 0 Å². The second kappa shape index (κ2) is 8.55. The first-order chi connectivity index (χ1) is 14.6. The smallest absolute Gasteiger partial charge is 0.338 e. The van der Waals surface area contributed by atoms with Crippen molar-refractivity contribution in [1.29, 1.82) is 0 Å². The fourth-order valence-electron chi connectivity index (χ4n) is 3.34. The number of benzene rings is 2. The Hall–Kier alpha value is -3.38. The van der Waals surface area contributed by atoms with E-state index in [9.17, 15) is 4.79 Å². The highest BCUT2D eigenvalue weighted by Crippen LogP contribution is 2.31. The zero-order chi connectivity index (χ0) is 21.1. The fraction of sp³-hybridized carbons (Fsp3) is 0.174. The van der Waals surface area contributed by atoms with E-state index in [1.807, 2.05) is 42.5 Å². The predicted molar refractivity (Wildman–Crippen MR) is 116 cm³/mol. The molecule has 6 nitrogen and oxygen atoms in total. The number of halogens is 1. The summed E-state index contributed by atoms with van der Waals surface area (Å²) >= 11 is 6.33. The second-order valence-electron chi connectivity index (χ2n) is 6.66. The monoisotopic (exact) mass is 421 g/mol. The number of fused-ring (bicyclic) bond motifs is 1. The molecule has 0 radical (unpaired) electrons. The second-order valence-corrected chi connectivity index (χ2v) is 7.02. The van der Waals surface area contributed by atoms with E-state index in [2.05, 4.69) is 14.5 Å². The molecule has 0 aliphatic heterocycles. The maximum Gasteiger partial charge on any atom is 0.338 e. The number of aromatic nitrogens is 3. The molecule has 4 aromatic rings. The van der Waals surface area contributed by atoms with Gasteiger partial charge in [0.1, 0.15) is 22.9 Å². The minimum absolute atomic E-state index is 0.336. The van der Waals surface area contributed by atoms with Crippen LogP contribution in [0.15, 0.2) is 60.9 Å². The average molecular weight is 422 g/mol. The van der Waals surface area contributed by atoms with Crippen LogP contribution < -0.4 is 4.74 Å². The van der Waals surface area contributed by atoms with Crippen LogP contribution in [0, 0.1) is 0 Å². The summed E-state index contributed by atoms with van der Waals surface area (Å²) in [6.07, 6.45) is 1.46. The molecule has 4 rings (SSSR count). The molecule has 152 valence electrons. The lowest BCUT2D eigenvalue weighted by molar-refractivity contribution is 0.0526. The lowest BCUT2D eigenvalue weighted by Gasteiger charge is -2.12. The van der Waals surface area contributed by atoms with Crippen molar-refractivity contribution in [2.24, 2.45) is 0 Å². The van der Waals surface area contributed by atoms with E-state index < -0.39 is 0 Å². The molecule has 0 N–H and O–H groups in total. The number of nitrogens with zero attached hydrogens (tertiary/aromatic N) is 3. The Morgan fingerprint density at radius 2 is 1.80 bits per heavy atom. The van der Waals surface area contributed by atoms with Gasteiger partial charge in [0.05, 0.1) is 30.4 Å². The van der Waals surface area contributed by atoms with Crippen LogP contribution in [0.2, 0.25) is 5.15 Å². The summed E-state index contributed by atoms with van der Waals surface area (Å²) < 4.78 is 12.4. The van der Waals surface area contributed by atoms with Crippen molar-refractivity contribution >= 4 is 28.6 Å². The zero-order valence-corrected chi connectivity index (χ0v) is 17.4. The molecular formula is C23H20ClN3O3. The Bertz CT molecular complexity index is 1190. The van der Waals surface area contributed by atoms with Crippen molar-refractivity contribution in [2.75, 3.05) is 13.7 Å². The molecule has 2 heterocycles. The third-order valence-corrected chi connectivity index (χ3v) is 5.13. The van der Waals surface area contributed by atoms with E-state index in [4.69, 9.17) is 21.1 Å². The van der Waals surface area contributed by atoms with E-state index in [0.29, 0.717) is 23.9 Å². The standard InChI is InChI=1S/C23H20ClN3O3/c1-3-30-23(28)17-8-6-16(7-9-17)20-12-19-21(24)25-14-26-22(19)27(20)13-15-4-10-18(29-2)11-5-15/h4-12,14H,3,13H2,1-2H3. The number of esters is 1. The molecule has 2 aromatic heterocycles. The van der Waals surface area contributed by atoms with Gasteiger partial charge in [0, 0.05) is 6.54 Å². The molecule has 0 fully saturated rings. The van der Waals surface area contributed by atoms with Gasteiger partial charge in [0.2, 0.25) is 0 Å². The number of carbonyl (C=O) groups excluding carboxylic acids is 1. The highest BCUT2D eigenvalue weighted by molar-refractivity contribution is 6.34. The Labute approximate surface area is 179 Å². The van der Waals surface area contributed by atoms with Gasteiger partial charge in [-0.25, -0.2) is 14.8 Å². The quantitative estimate of drug-likeness (QED) is 0.324. The van der Waals surface area contributed by atoms with Gasteiger partial charge < -0.3 is 14.0 Å². The van der Waals surface area contributed by atoms with Crippen molar-refractivity contribution in [3.63, 3.8) is 0 Å². The van der Waals surface area contributed by atoms with Crippen molar-refractivity contribution in [3.8, 4) is 17.0 Å². The summed E-state index contributed by atoms with van der Waals surface area (Å²) in [4.78, 5) is 20.5. The number of carbonyl (C=O) groups is 1. The molecule has 30 heavy (non-hydrogen) atoms. The number of ether oxygens (including phenoxy) is 2. The van der Waals surface area contributed by atoms with Gasteiger partial charge in [-0.15, -0.1) is 0 Å². The Morgan fingerprint density at radius 3 is 2.47 bits per heavy atom. The third-order valence-electron chi connectivity index (χ3n) is 4.83. The molecule has 0 saturated carbocycles. The molecule has 0 saturated heterocycles. The van der Waals surface area contributed by atoms with Gasteiger partial charge >= 0.3 is 5.97 Å². The summed E-state index contributed by atoms with van der Waals surface area (Å²) in [7, 11) is 1.64. The first-order valence-corrected chi connectivity index (χ1v) is 9.88. The summed E-state index contributed by atoms with van der Waals surface area (Å²) in [5.74, 6) is 0.466. The summed E-state index contributed by atoms with van der Waals surface area (Å²) in [6.45, 7) is 2.72. The van der Waals surface area contributed by atoms with Gasteiger partial charge in [0.25, 0.3) is 0 Å². The number of rotatable bonds is 6. The zero-order valence-electron chi connectivity index (χ0n) is 16.6. The number of hydrogen-bond acceptors (Lipinski definition) is 5. The molecule has 0 atom stereocenters. The van der Waals surface area contributed by atoms with Crippen molar-refractivity contribution < 1.29 is 14.3 Å². The predicted octanol–water partition coefficient (Wildman–Crippen LogP) is 4.99. The molecule has 0 bridgehead atoms. The first kappa shape index (κ1) is 19.9. The van der Waals surface area contributed by atoms with Crippen LogP contribution >= 0.6 is 11.6 Å². The minimum atomic E-state index is -0.336. The van der Waals surface area contributed by atoms with Crippen LogP contribution in [0.25, 0.3) is 22.3 Å². The molecule has 0 unspecified atom stereocenters.